The Morgan fingerprint density at radius 2 is 1.92 bits per heavy atom. The van der Waals surface area contributed by atoms with Crippen molar-refractivity contribution in [2.24, 2.45) is 7.05 Å². The monoisotopic (exact) mass is 376 g/mol. The number of carbonyl (C=O) groups is 1. The lowest BCUT2D eigenvalue weighted by atomic mass is 10.1. The van der Waals surface area contributed by atoms with Crippen LogP contribution in [0.1, 0.15) is 22.1 Å². The summed E-state index contributed by atoms with van der Waals surface area (Å²) < 4.78 is 29.7. The second-order valence-electron chi connectivity index (χ2n) is 6.62. The molecule has 7 nitrogen and oxygen atoms in total. The lowest BCUT2D eigenvalue weighted by molar-refractivity contribution is 0.0818. The Bertz CT molecular complexity index is 890. The molecule has 8 heteroatoms. The first kappa shape index (κ1) is 18.6. The maximum Gasteiger partial charge on any atom is 0.269 e. The van der Waals surface area contributed by atoms with E-state index in [0.717, 1.165) is 5.56 Å². The number of nitrogens with one attached hydrogen (secondary N) is 1. The minimum Gasteiger partial charge on any atom is -0.345 e. The summed E-state index contributed by atoms with van der Waals surface area (Å²) in [6.45, 7) is 1.53. The number of amides is 1. The Labute approximate surface area is 154 Å². The molecule has 1 atom stereocenters. The van der Waals surface area contributed by atoms with Gasteiger partial charge < -0.3 is 14.8 Å². The van der Waals surface area contributed by atoms with Crippen molar-refractivity contribution in [2.75, 3.05) is 33.7 Å². The predicted molar refractivity (Wildman–Crippen MR) is 99.4 cm³/mol. The number of nitrogens with zero attached hydrogens (tertiary/aromatic N) is 3. The van der Waals surface area contributed by atoms with Crippen molar-refractivity contribution >= 4 is 15.9 Å². The van der Waals surface area contributed by atoms with Crippen LogP contribution in [-0.2, 0) is 17.1 Å². The Balaban J connectivity index is 1.98. The van der Waals surface area contributed by atoms with Crippen molar-refractivity contribution in [1.82, 2.24) is 19.1 Å². The van der Waals surface area contributed by atoms with Crippen LogP contribution in [0, 0.1) is 0 Å². The number of piperazine rings is 1. The van der Waals surface area contributed by atoms with E-state index in [0.29, 0.717) is 25.3 Å². The van der Waals surface area contributed by atoms with E-state index in [1.54, 1.807) is 25.7 Å². The first-order chi connectivity index (χ1) is 12.3. The Kier molecular flexibility index (Phi) is 5.17. The highest BCUT2D eigenvalue weighted by molar-refractivity contribution is 7.89. The summed E-state index contributed by atoms with van der Waals surface area (Å²) in [7, 11) is 1.25. The fourth-order valence-electron chi connectivity index (χ4n) is 3.19. The van der Waals surface area contributed by atoms with Crippen molar-refractivity contribution in [3.05, 3.63) is 53.9 Å². The van der Waals surface area contributed by atoms with Crippen molar-refractivity contribution in [1.29, 1.82) is 0 Å². The third-order valence-electron chi connectivity index (χ3n) is 4.59. The van der Waals surface area contributed by atoms with E-state index < -0.39 is 10.0 Å². The summed E-state index contributed by atoms with van der Waals surface area (Å²) in [4.78, 5) is 13.8. The number of aryl methyl sites for hydroxylation is 1. The summed E-state index contributed by atoms with van der Waals surface area (Å²) in [6.07, 6.45) is 1.51. The van der Waals surface area contributed by atoms with Gasteiger partial charge in [-0.2, -0.15) is 4.31 Å². The molecule has 140 valence electrons. The topological polar surface area (TPSA) is 74.7 Å². The zero-order valence-electron chi connectivity index (χ0n) is 15.2. The number of benzene rings is 1. The van der Waals surface area contributed by atoms with Crippen LogP contribution in [0.15, 0.2) is 47.5 Å². The zero-order chi connectivity index (χ0) is 18.9. The SMILES string of the molecule is CN(C)C(=O)c1cc(S(=O)(=O)N2CCNCC2c2ccccc2)cn1C. The van der Waals surface area contributed by atoms with Crippen LogP contribution < -0.4 is 5.32 Å². The van der Waals surface area contributed by atoms with E-state index in [1.807, 2.05) is 30.3 Å². The van der Waals surface area contributed by atoms with Gasteiger partial charge in [0.2, 0.25) is 10.0 Å². The van der Waals surface area contributed by atoms with E-state index in [4.69, 9.17) is 0 Å². The molecule has 0 aliphatic carbocycles. The Morgan fingerprint density at radius 3 is 2.58 bits per heavy atom. The molecule has 1 aliphatic heterocycles. The van der Waals surface area contributed by atoms with Crippen LogP contribution >= 0.6 is 0 Å². The van der Waals surface area contributed by atoms with Gasteiger partial charge in [-0.1, -0.05) is 30.3 Å². The lowest BCUT2D eigenvalue weighted by Crippen LogP contribution is -2.48. The van der Waals surface area contributed by atoms with Crippen molar-refractivity contribution in [3.8, 4) is 0 Å². The molecular formula is C18H24N4O3S. The van der Waals surface area contributed by atoms with Crippen LogP contribution in [-0.4, -0.2) is 61.8 Å². The van der Waals surface area contributed by atoms with Gasteiger partial charge in [-0.15, -0.1) is 0 Å². The first-order valence-corrected chi connectivity index (χ1v) is 9.92. The fraction of sp³-hybridized carbons (Fsp3) is 0.389. The van der Waals surface area contributed by atoms with Gasteiger partial charge in [-0.05, 0) is 11.6 Å². The molecule has 1 fully saturated rings. The number of rotatable bonds is 4. The van der Waals surface area contributed by atoms with E-state index in [9.17, 15) is 13.2 Å². The quantitative estimate of drug-likeness (QED) is 0.866. The largest absolute Gasteiger partial charge is 0.345 e. The third kappa shape index (κ3) is 3.40. The molecule has 2 aromatic rings. The van der Waals surface area contributed by atoms with E-state index in [2.05, 4.69) is 5.32 Å². The minimum atomic E-state index is -3.72. The molecule has 1 N–H and O–H groups in total. The highest BCUT2D eigenvalue weighted by Crippen LogP contribution is 2.29. The number of hydrogen-bond acceptors (Lipinski definition) is 4. The van der Waals surface area contributed by atoms with Crippen molar-refractivity contribution < 1.29 is 13.2 Å². The number of hydrogen-bond donors (Lipinski definition) is 1. The van der Waals surface area contributed by atoms with Gasteiger partial charge in [-0.25, -0.2) is 8.42 Å². The standard InChI is InChI=1S/C18H24N4O3S/c1-20(2)18(23)16-11-15(13-21(16)3)26(24,25)22-10-9-19-12-17(22)14-7-5-4-6-8-14/h4-8,11,13,17,19H,9-10,12H2,1-3H3. The third-order valence-corrected chi connectivity index (χ3v) is 6.46. The highest BCUT2D eigenvalue weighted by atomic mass is 32.2. The highest BCUT2D eigenvalue weighted by Gasteiger charge is 2.35. The van der Waals surface area contributed by atoms with Crippen LogP contribution in [0.5, 0.6) is 0 Å². The first-order valence-electron chi connectivity index (χ1n) is 8.48. The van der Waals surface area contributed by atoms with Gasteiger partial charge >= 0.3 is 0 Å². The molecule has 3 rings (SSSR count). The molecule has 0 saturated carbocycles. The molecule has 1 aliphatic rings. The molecule has 0 bridgehead atoms. The summed E-state index contributed by atoms with van der Waals surface area (Å²) in [5, 5.41) is 3.26. The van der Waals surface area contributed by atoms with Crippen molar-refractivity contribution in [3.63, 3.8) is 0 Å². The summed E-state index contributed by atoms with van der Waals surface area (Å²) in [6, 6.07) is 10.8. The molecule has 1 aromatic heterocycles. The molecule has 1 unspecified atom stereocenters. The second-order valence-corrected chi connectivity index (χ2v) is 8.51. The molecule has 2 heterocycles. The molecule has 1 amide bonds. The van der Waals surface area contributed by atoms with E-state index >= 15 is 0 Å². The molecule has 1 saturated heterocycles. The van der Waals surface area contributed by atoms with Crippen LogP contribution in [0.4, 0.5) is 0 Å². The minimum absolute atomic E-state index is 0.146. The van der Waals surface area contributed by atoms with Gasteiger partial charge in [0.05, 0.1) is 6.04 Å². The average Bonchev–Trinajstić information content (AvgIpc) is 3.04. The van der Waals surface area contributed by atoms with Crippen molar-refractivity contribution in [2.45, 2.75) is 10.9 Å². The normalized spacial score (nSPS) is 18.7. The summed E-state index contributed by atoms with van der Waals surface area (Å²) in [5.74, 6) is -0.228. The second kappa shape index (κ2) is 7.22. The number of carbonyl (C=O) groups excluding carboxylic acids is 1. The van der Waals surface area contributed by atoms with Gasteiger partial charge in [0.15, 0.2) is 0 Å². The smallest absolute Gasteiger partial charge is 0.269 e. The lowest BCUT2D eigenvalue weighted by Gasteiger charge is -2.35. The molecule has 0 spiro atoms. The number of sulfonamides is 1. The van der Waals surface area contributed by atoms with Crippen LogP contribution in [0.3, 0.4) is 0 Å². The van der Waals surface area contributed by atoms with Gasteiger partial charge in [0.1, 0.15) is 10.6 Å². The van der Waals surface area contributed by atoms with E-state index in [1.165, 1.54) is 21.5 Å². The van der Waals surface area contributed by atoms with E-state index in [-0.39, 0.29) is 16.8 Å². The summed E-state index contributed by atoms with van der Waals surface area (Å²) in [5.41, 5.74) is 1.30. The van der Waals surface area contributed by atoms with Gasteiger partial charge in [0, 0.05) is 47.0 Å². The maximum absolute atomic E-state index is 13.3. The molecule has 26 heavy (non-hydrogen) atoms. The average molecular weight is 376 g/mol. The molecule has 0 radical (unpaired) electrons. The fourth-order valence-corrected chi connectivity index (χ4v) is 4.87. The number of aromatic nitrogens is 1. The summed E-state index contributed by atoms with van der Waals surface area (Å²) >= 11 is 0. The van der Waals surface area contributed by atoms with Crippen LogP contribution in [0.25, 0.3) is 0 Å². The predicted octanol–water partition coefficient (Wildman–Crippen LogP) is 1.06. The maximum atomic E-state index is 13.3. The Hall–Kier alpha value is -2.16. The van der Waals surface area contributed by atoms with Gasteiger partial charge in [0.25, 0.3) is 5.91 Å². The Morgan fingerprint density at radius 1 is 1.23 bits per heavy atom. The van der Waals surface area contributed by atoms with Crippen LogP contribution in [0.2, 0.25) is 0 Å². The van der Waals surface area contributed by atoms with Gasteiger partial charge in [-0.3, -0.25) is 4.79 Å². The zero-order valence-corrected chi connectivity index (χ0v) is 16.0. The molecular weight excluding hydrogens is 352 g/mol. The molecule has 1 aromatic carbocycles.